The molecule has 1 saturated carbocycles. The van der Waals surface area contributed by atoms with E-state index in [0.29, 0.717) is 19.3 Å². The predicted octanol–water partition coefficient (Wildman–Crippen LogP) is 1.18. The molecular weight excluding hydrogens is 244 g/mol. The summed E-state index contributed by atoms with van der Waals surface area (Å²) in [5.74, 6) is -1.39. The van der Waals surface area contributed by atoms with Gasteiger partial charge in [0.1, 0.15) is 5.54 Å². The van der Waals surface area contributed by atoms with E-state index in [0.717, 1.165) is 25.7 Å². The van der Waals surface area contributed by atoms with Crippen LogP contribution in [0.4, 0.5) is 0 Å². The maximum atomic E-state index is 12.2. The topological polar surface area (TPSA) is 92.4 Å². The Morgan fingerprint density at radius 1 is 1.16 bits per heavy atom. The smallest absolute Gasteiger partial charge is 0.329 e. The Balaban J connectivity index is 2.06. The molecule has 2 aliphatic carbocycles. The maximum Gasteiger partial charge on any atom is 0.329 e. The molecule has 2 aliphatic rings. The van der Waals surface area contributed by atoms with E-state index in [1.807, 2.05) is 6.08 Å². The number of hydrogen-bond acceptors (Lipinski definition) is 3. The Kier molecular flexibility index (Phi) is 4.24. The van der Waals surface area contributed by atoms with E-state index in [4.69, 9.17) is 5.73 Å². The monoisotopic (exact) mass is 266 g/mol. The third kappa shape index (κ3) is 3.15. The molecule has 4 N–H and O–H groups in total. The first-order valence-corrected chi connectivity index (χ1v) is 7.03. The van der Waals surface area contributed by atoms with Crippen LogP contribution in [0, 0.1) is 5.92 Å². The van der Waals surface area contributed by atoms with Crippen molar-refractivity contribution >= 4 is 11.9 Å². The lowest BCUT2D eigenvalue weighted by Crippen LogP contribution is -2.55. The predicted molar refractivity (Wildman–Crippen MR) is 71.4 cm³/mol. The normalized spacial score (nSPS) is 29.7. The SMILES string of the molecule is NC1C=CC(C(=O)NC2(C(=O)O)CCCCCC2)C1. The third-order valence-corrected chi connectivity index (χ3v) is 4.18. The van der Waals surface area contributed by atoms with Gasteiger partial charge in [-0.05, 0) is 19.3 Å². The largest absolute Gasteiger partial charge is 0.480 e. The molecule has 0 aromatic rings. The highest BCUT2D eigenvalue weighted by molar-refractivity contribution is 5.89. The first-order valence-electron chi connectivity index (χ1n) is 7.03. The number of hydrogen-bond donors (Lipinski definition) is 3. The summed E-state index contributed by atoms with van der Waals surface area (Å²) in [6.07, 6.45) is 9.00. The first-order chi connectivity index (χ1) is 9.03. The fourth-order valence-corrected chi connectivity index (χ4v) is 2.97. The number of carbonyl (C=O) groups is 2. The van der Waals surface area contributed by atoms with Gasteiger partial charge in [-0.3, -0.25) is 4.79 Å². The number of rotatable bonds is 3. The maximum absolute atomic E-state index is 12.2. The van der Waals surface area contributed by atoms with E-state index in [1.165, 1.54) is 0 Å². The summed E-state index contributed by atoms with van der Waals surface area (Å²) >= 11 is 0. The van der Waals surface area contributed by atoms with Crippen LogP contribution in [-0.4, -0.2) is 28.6 Å². The van der Waals surface area contributed by atoms with E-state index in [2.05, 4.69) is 5.32 Å². The molecule has 2 rings (SSSR count). The van der Waals surface area contributed by atoms with Crippen molar-refractivity contribution in [3.05, 3.63) is 12.2 Å². The van der Waals surface area contributed by atoms with Crippen molar-refractivity contribution in [1.29, 1.82) is 0 Å². The minimum Gasteiger partial charge on any atom is -0.480 e. The number of amides is 1. The minimum absolute atomic E-state index is 0.0920. The molecule has 106 valence electrons. The van der Waals surface area contributed by atoms with Crippen LogP contribution in [0.2, 0.25) is 0 Å². The summed E-state index contributed by atoms with van der Waals surface area (Å²) in [7, 11) is 0. The number of nitrogens with one attached hydrogen (secondary N) is 1. The number of carboxylic acids is 1. The average molecular weight is 266 g/mol. The summed E-state index contributed by atoms with van der Waals surface area (Å²) in [5, 5.41) is 12.3. The fraction of sp³-hybridized carbons (Fsp3) is 0.714. The van der Waals surface area contributed by atoms with E-state index >= 15 is 0 Å². The van der Waals surface area contributed by atoms with Crippen molar-refractivity contribution in [2.75, 3.05) is 0 Å². The second-order valence-corrected chi connectivity index (χ2v) is 5.68. The minimum atomic E-state index is -1.08. The Hall–Kier alpha value is -1.36. The third-order valence-electron chi connectivity index (χ3n) is 4.18. The highest BCUT2D eigenvalue weighted by Gasteiger charge is 2.41. The summed E-state index contributed by atoms with van der Waals surface area (Å²) in [6, 6.07) is -0.0920. The zero-order chi connectivity index (χ0) is 13.9. The Morgan fingerprint density at radius 2 is 1.79 bits per heavy atom. The number of carboxylic acid groups (broad SMARTS) is 1. The molecule has 0 spiro atoms. The molecule has 0 heterocycles. The lowest BCUT2D eigenvalue weighted by Gasteiger charge is -2.30. The fourth-order valence-electron chi connectivity index (χ4n) is 2.97. The second kappa shape index (κ2) is 5.74. The van der Waals surface area contributed by atoms with Crippen LogP contribution in [0.3, 0.4) is 0 Å². The Morgan fingerprint density at radius 3 is 2.26 bits per heavy atom. The molecule has 19 heavy (non-hydrogen) atoms. The Bertz CT molecular complexity index is 384. The van der Waals surface area contributed by atoms with E-state index < -0.39 is 11.5 Å². The molecule has 5 heteroatoms. The number of carbonyl (C=O) groups excluding carboxylic acids is 1. The lowest BCUT2D eigenvalue weighted by atomic mass is 9.89. The molecule has 1 amide bonds. The van der Waals surface area contributed by atoms with Crippen LogP contribution in [0.25, 0.3) is 0 Å². The molecule has 0 radical (unpaired) electrons. The van der Waals surface area contributed by atoms with Gasteiger partial charge in [0, 0.05) is 6.04 Å². The summed E-state index contributed by atoms with van der Waals surface area (Å²) in [5.41, 5.74) is 4.66. The van der Waals surface area contributed by atoms with Gasteiger partial charge in [-0.25, -0.2) is 4.79 Å². The highest BCUT2D eigenvalue weighted by atomic mass is 16.4. The van der Waals surface area contributed by atoms with Crippen molar-refractivity contribution in [2.45, 2.75) is 56.5 Å². The van der Waals surface area contributed by atoms with Gasteiger partial charge in [0.25, 0.3) is 0 Å². The van der Waals surface area contributed by atoms with Gasteiger partial charge < -0.3 is 16.2 Å². The molecule has 2 atom stereocenters. The van der Waals surface area contributed by atoms with Crippen LogP contribution in [0.1, 0.15) is 44.9 Å². The van der Waals surface area contributed by atoms with Crippen LogP contribution >= 0.6 is 0 Å². The average Bonchev–Trinajstić information content (AvgIpc) is 2.65. The molecule has 0 saturated heterocycles. The van der Waals surface area contributed by atoms with Gasteiger partial charge in [-0.2, -0.15) is 0 Å². The molecule has 0 aromatic carbocycles. The number of aliphatic carboxylic acids is 1. The summed E-state index contributed by atoms with van der Waals surface area (Å²) in [4.78, 5) is 23.8. The number of nitrogens with two attached hydrogens (primary N) is 1. The van der Waals surface area contributed by atoms with Gasteiger partial charge in [-0.1, -0.05) is 37.8 Å². The highest BCUT2D eigenvalue weighted by Crippen LogP contribution is 2.28. The lowest BCUT2D eigenvalue weighted by molar-refractivity contribution is -0.148. The van der Waals surface area contributed by atoms with Gasteiger partial charge in [0.05, 0.1) is 5.92 Å². The van der Waals surface area contributed by atoms with E-state index in [1.54, 1.807) is 6.08 Å². The van der Waals surface area contributed by atoms with Gasteiger partial charge in [0.2, 0.25) is 5.91 Å². The summed E-state index contributed by atoms with van der Waals surface area (Å²) in [6.45, 7) is 0. The van der Waals surface area contributed by atoms with E-state index in [-0.39, 0.29) is 17.9 Å². The van der Waals surface area contributed by atoms with Gasteiger partial charge >= 0.3 is 5.97 Å². The van der Waals surface area contributed by atoms with Crippen molar-refractivity contribution in [1.82, 2.24) is 5.32 Å². The second-order valence-electron chi connectivity index (χ2n) is 5.68. The van der Waals surface area contributed by atoms with Crippen LogP contribution in [0.15, 0.2) is 12.2 Å². The van der Waals surface area contributed by atoms with E-state index in [9.17, 15) is 14.7 Å². The Labute approximate surface area is 113 Å². The molecule has 1 fully saturated rings. The van der Waals surface area contributed by atoms with Gasteiger partial charge in [-0.15, -0.1) is 0 Å². The zero-order valence-corrected chi connectivity index (χ0v) is 11.1. The van der Waals surface area contributed by atoms with Gasteiger partial charge in [0.15, 0.2) is 0 Å². The summed E-state index contributed by atoms with van der Waals surface area (Å²) < 4.78 is 0. The molecular formula is C14H22N2O3. The standard InChI is InChI=1S/C14H22N2O3/c15-11-6-5-10(9-11)12(17)16-14(13(18)19)7-3-1-2-4-8-14/h5-6,10-11H,1-4,7-9,15H2,(H,16,17)(H,18,19). The molecule has 5 nitrogen and oxygen atoms in total. The first kappa shape index (κ1) is 14.1. The molecule has 0 aromatic heterocycles. The molecule has 0 bridgehead atoms. The van der Waals surface area contributed by atoms with Crippen LogP contribution < -0.4 is 11.1 Å². The molecule has 0 aliphatic heterocycles. The zero-order valence-electron chi connectivity index (χ0n) is 11.1. The molecule has 2 unspecified atom stereocenters. The van der Waals surface area contributed by atoms with Crippen molar-refractivity contribution in [3.8, 4) is 0 Å². The van der Waals surface area contributed by atoms with Crippen LogP contribution in [-0.2, 0) is 9.59 Å². The van der Waals surface area contributed by atoms with Crippen molar-refractivity contribution in [2.24, 2.45) is 11.7 Å². The quantitative estimate of drug-likeness (QED) is 0.528. The van der Waals surface area contributed by atoms with Crippen LogP contribution in [0.5, 0.6) is 0 Å². The van der Waals surface area contributed by atoms with Crippen molar-refractivity contribution < 1.29 is 14.7 Å². The van der Waals surface area contributed by atoms with Crippen molar-refractivity contribution in [3.63, 3.8) is 0 Å².